The van der Waals surface area contributed by atoms with Gasteiger partial charge in [0.15, 0.2) is 0 Å². The molecule has 1 aliphatic heterocycles. The first-order valence-electron chi connectivity index (χ1n) is 9.96. The molecular formula is C23H27N3O3. The second kappa shape index (κ2) is 8.90. The van der Waals surface area contributed by atoms with E-state index in [-0.39, 0.29) is 24.1 Å². The van der Waals surface area contributed by atoms with Crippen LogP contribution in [0.1, 0.15) is 48.5 Å². The van der Waals surface area contributed by atoms with Crippen LogP contribution in [0.4, 0.5) is 11.4 Å². The van der Waals surface area contributed by atoms with Gasteiger partial charge in [-0.2, -0.15) is 0 Å². The number of benzene rings is 2. The van der Waals surface area contributed by atoms with Crippen LogP contribution in [0.3, 0.4) is 0 Å². The molecule has 1 saturated heterocycles. The summed E-state index contributed by atoms with van der Waals surface area (Å²) < 4.78 is 0. The van der Waals surface area contributed by atoms with Gasteiger partial charge in [0.25, 0.3) is 5.91 Å². The molecule has 1 fully saturated rings. The quantitative estimate of drug-likeness (QED) is 0.788. The van der Waals surface area contributed by atoms with Crippen LogP contribution in [0.25, 0.3) is 0 Å². The van der Waals surface area contributed by atoms with E-state index in [0.29, 0.717) is 23.7 Å². The summed E-state index contributed by atoms with van der Waals surface area (Å²) in [6, 6.07) is 14.7. The van der Waals surface area contributed by atoms with Crippen molar-refractivity contribution in [3.05, 3.63) is 59.7 Å². The van der Waals surface area contributed by atoms with Crippen molar-refractivity contribution in [1.29, 1.82) is 0 Å². The van der Waals surface area contributed by atoms with E-state index in [1.807, 2.05) is 18.2 Å². The van der Waals surface area contributed by atoms with Crippen molar-refractivity contribution in [2.75, 3.05) is 23.8 Å². The lowest BCUT2D eigenvalue weighted by Crippen LogP contribution is -2.29. The van der Waals surface area contributed by atoms with Gasteiger partial charge in [-0.05, 0) is 42.2 Å². The van der Waals surface area contributed by atoms with Crippen molar-refractivity contribution in [3.63, 3.8) is 0 Å². The summed E-state index contributed by atoms with van der Waals surface area (Å²) in [5.74, 6) is -0.573. The van der Waals surface area contributed by atoms with E-state index in [9.17, 15) is 14.4 Å². The summed E-state index contributed by atoms with van der Waals surface area (Å²) in [6.45, 7) is 4.62. The molecule has 29 heavy (non-hydrogen) atoms. The molecule has 2 aromatic rings. The van der Waals surface area contributed by atoms with E-state index in [0.717, 1.165) is 17.7 Å². The molecule has 2 N–H and O–H groups in total. The molecule has 0 radical (unpaired) electrons. The maximum absolute atomic E-state index is 12.8. The Kier molecular flexibility index (Phi) is 6.32. The highest BCUT2D eigenvalue weighted by atomic mass is 16.2. The van der Waals surface area contributed by atoms with Gasteiger partial charge in [-0.1, -0.05) is 38.1 Å². The average molecular weight is 393 g/mol. The van der Waals surface area contributed by atoms with E-state index in [4.69, 9.17) is 0 Å². The second-order valence-corrected chi connectivity index (χ2v) is 7.42. The van der Waals surface area contributed by atoms with Crippen LogP contribution in [0.5, 0.6) is 0 Å². The van der Waals surface area contributed by atoms with Gasteiger partial charge in [0.05, 0.1) is 5.92 Å². The molecule has 0 saturated carbocycles. The third kappa shape index (κ3) is 4.47. The largest absolute Gasteiger partial charge is 0.355 e. The Bertz CT molecular complexity index is 925. The van der Waals surface area contributed by atoms with Gasteiger partial charge < -0.3 is 15.5 Å². The highest BCUT2D eigenvalue weighted by molar-refractivity contribution is 6.04. The molecule has 2 atom stereocenters. The molecule has 0 aromatic heterocycles. The third-order valence-electron chi connectivity index (χ3n) is 5.49. The third-order valence-corrected chi connectivity index (χ3v) is 5.49. The molecule has 1 heterocycles. The van der Waals surface area contributed by atoms with Gasteiger partial charge in [0, 0.05) is 37.0 Å². The highest BCUT2D eigenvalue weighted by Gasteiger charge is 2.36. The number of carbonyl (C=O) groups is 3. The molecule has 0 aliphatic carbocycles. The summed E-state index contributed by atoms with van der Waals surface area (Å²) in [5.41, 5.74) is 3.03. The Balaban J connectivity index is 1.74. The number of nitrogens with zero attached hydrogens (tertiary/aromatic N) is 1. The van der Waals surface area contributed by atoms with Crippen molar-refractivity contribution >= 4 is 29.1 Å². The lowest BCUT2D eigenvalue weighted by molar-refractivity contribution is -0.122. The standard InChI is InChI=1S/C23H27N3O3/c1-4-15(2)19-10-5-6-11-20(19)26-14-17(13-21(26)27)23(29)25-18-9-7-8-16(12-18)22(28)24-3/h5-12,15,17H,4,13-14H2,1-3H3,(H,24,28)(H,25,29)/t15-,17+/m1/s1. The zero-order valence-corrected chi connectivity index (χ0v) is 17.1. The fourth-order valence-corrected chi connectivity index (χ4v) is 3.61. The van der Waals surface area contributed by atoms with E-state index < -0.39 is 5.92 Å². The summed E-state index contributed by atoms with van der Waals surface area (Å²) in [6.07, 6.45) is 1.15. The molecule has 6 heteroatoms. The highest BCUT2D eigenvalue weighted by Crippen LogP contribution is 2.33. The molecule has 3 amide bonds. The maximum Gasteiger partial charge on any atom is 0.251 e. The van der Waals surface area contributed by atoms with E-state index in [2.05, 4.69) is 30.5 Å². The smallest absolute Gasteiger partial charge is 0.251 e. The first-order valence-corrected chi connectivity index (χ1v) is 9.96. The summed E-state index contributed by atoms with van der Waals surface area (Å²) in [7, 11) is 1.56. The maximum atomic E-state index is 12.8. The van der Waals surface area contributed by atoms with Crippen LogP contribution >= 0.6 is 0 Å². The fourth-order valence-electron chi connectivity index (χ4n) is 3.61. The first-order chi connectivity index (χ1) is 13.9. The summed E-state index contributed by atoms with van der Waals surface area (Å²) >= 11 is 0. The predicted molar refractivity (Wildman–Crippen MR) is 114 cm³/mol. The Morgan fingerprint density at radius 3 is 2.66 bits per heavy atom. The number of anilines is 2. The van der Waals surface area contributed by atoms with Crippen molar-refractivity contribution in [2.45, 2.75) is 32.6 Å². The van der Waals surface area contributed by atoms with E-state index in [1.165, 1.54) is 0 Å². The second-order valence-electron chi connectivity index (χ2n) is 7.42. The predicted octanol–water partition coefficient (Wildman–Crippen LogP) is 3.55. The molecule has 2 aromatic carbocycles. The van der Waals surface area contributed by atoms with Crippen LogP contribution in [-0.4, -0.2) is 31.3 Å². The number of hydrogen-bond donors (Lipinski definition) is 2. The molecule has 0 unspecified atom stereocenters. The fraction of sp³-hybridized carbons (Fsp3) is 0.348. The van der Waals surface area contributed by atoms with Gasteiger partial charge >= 0.3 is 0 Å². The Morgan fingerprint density at radius 1 is 1.17 bits per heavy atom. The molecule has 1 aliphatic rings. The van der Waals surface area contributed by atoms with Gasteiger partial charge in [-0.3, -0.25) is 14.4 Å². The number of amides is 3. The molecule has 0 bridgehead atoms. The number of carbonyl (C=O) groups excluding carboxylic acids is 3. The number of nitrogens with one attached hydrogen (secondary N) is 2. The van der Waals surface area contributed by atoms with Crippen LogP contribution < -0.4 is 15.5 Å². The summed E-state index contributed by atoms with van der Waals surface area (Å²) in [5, 5.41) is 5.41. The normalized spacial score (nSPS) is 17.1. The zero-order chi connectivity index (χ0) is 21.0. The number of rotatable bonds is 6. The van der Waals surface area contributed by atoms with Crippen LogP contribution in [0, 0.1) is 5.92 Å². The minimum absolute atomic E-state index is 0.0417. The van der Waals surface area contributed by atoms with Crippen molar-refractivity contribution < 1.29 is 14.4 Å². The first kappa shape index (κ1) is 20.6. The molecule has 152 valence electrons. The topological polar surface area (TPSA) is 78.5 Å². The Hall–Kier alpha value is -3.15. The van der Waals surface area contributed by atoms with E-state index >= 15 is 0 Å². The van der Waals surface area contributed by atoms with Crippen LogP contribution in [0.15, 0.2) is 48.5 Å². The Morgan fingerprint density at radius 2 is 1.93 bits per heavy atom. The number of hydrogen-bond acceptors (Lipinski definition) is 3. The van der Waals surface area contributed by atoms with Gasteiger partial charge in [-0.25, -0.2) is 0 Å². The van der Waals surface area contributed by atoms with E-state index in [1.54, 1.807) is 36.2 Å². The minimum Gasteiger partial charge on any atom is -0.355 e. The van der Waals surface area contributed by atoms with Gasteiger partial charge in [0.1, 0.15) is 0 Å². The van der Waals surface area contributed by atoms with Gasteiger partial charge in [0.2, 0.25) is 11.8 Å². The van der Waals surface area contributed by atoms with Crippen LogP contribution in [-0.2, 0) is 9.59 Å². The van der Waals surface area contributed by atoms with Crippen molar-refractivity contribution in [2.24, 2.45) is 5.92 Å². The number of para-hydroxylation sites is 1. The van der Waals surface area contributed by atoms with Crippen molar-refractivity contribution in [3.8, 4) is 0 Å². The van der Waals surface area contributed by atoms with Gasteiger partial charge in [-0.15, -0.1) is 0 Å². The van der Waals surface area contributed by atoms with Crippen molar-refractivity contribution in [1.82, 2.24) is 5.32 Å². The average Bonchev–Trinajstić information content (AvgIpc) is 3.14. The minimum atomic E-state index is -0.434. The SMILES string of the molecule is CC[C@@H](C)c1ccccc1N1C[C@@H](C(=O)Nc2cccc(C(=O)NC)c2)CC1=O. The Labute approximate surface area is 171 Å². The molecule has 3 rings (SSSR count). The summed E-state index contributed by atoms with van der Waals surface area (Å²) in [4.78, 5) is 39.0. The molecular weight excluding hydrogens is 366 g/mol. The zero-order valence-electron chi connectivity index (χ0n) is 17.1. The molecule has 0 spiro atoms. The van der Waals surface area contributed by atoms with Crippen LogP contribution in [0.2, 0.25) is 0 Å². The lowest BCUT2D eigenvalue weighted by Gasteiger charge is -2.23. The lowest BCUT2D eigenvalue weighted by atomic mass is 9.96. The monoisotopic (exact) mass is 393 g/mol. The molecule has 6 nitrogen and oxygen atoms in total.